The maximum atomic E-state index is 11.4. The quantitative estimate of drug-likeness (QED) is 0.606. The van der Waals surface area contributed by atoms with Gasteiger partial charge in [0, 0.05) is 11.8 Å². The van der Waals surface area contributed by atoms with Gasteiger partial charge in [-0.3, -0.25) is 0 Å². The van der Waals surface area contributed by atoms with Gasteiger partial charge in [-0.1, -0.05) is 39.5 Å². The van der Waals surface area contributed by atoms with Gasteiger partial charge in [-0.05, 0) is 13.3 Å². The van der Waals surface area contributed by atoms with Crippen LogP contribution in [0.25, 0.3) is 0 Å². The molecule has 0 aliphatic rings. The van der Waals surface area contributed by atoms with Crippen molar-refractivity contribution in [2.75, 3.05) is 6.54 Å². The van der Waals surface area contributed by atoms with E-state index in [1.54, 1.807) is 0 Å². The Morgan fingerprint density at radius 3 is 2.46 bits per heavy atom. The molecule has 0 fully saturated rings. The molecule has 1 N–H and O–H groups in total. The number of nitrogens with one attached hydrogen (secondary N) is 1. The normalized spacial score (nSPS) is 15.6. The lowest BCUT2D eigenvalue weighted by Crippen LogP contribution is -2.25. The molecule has 13 heavy (non-hydrogen) atoms. The molecule has 0 saturated carbocycles. The first-order chi connectivity index (χ1) is 6.22. The second-order valence-corrected chi connectivity index (χ2v) is 5.14. The van der Waals surface area contributed by atoms with Crippen LogP contribution >= 0.6 is 0 Å². The van der Waals surface area contributed by atoms with Gasteiger partial charge in [-0.15, -0.1) is 0 Å². The zero-order chi connectivity index (χ0) is 10.1. The highest BCUT2D eigenvalue weighted by molar-refractivity contribution is 7.83. The van der Waals surface area contributed by atoms with E-state index in [1.165, 1.54) is 25.7 Å². The van der Waals surface area contributed by atoms with Gasteiger partial charge in [-0.25, -0.2) is 8.93 Å². The summed E-state index contributed by atoms with van der Waals surface area (Å²) in [4.78, 5) is 0. The molecule has 0 aliphatic heterocycles. The molecule has 0 radical (unpaired) electrons. The van der Waals surface area contributed by atoms with Crippen LogP contribution in [0.2, 0.25) is 0 Å². The maximum Gasteiger partial charge on any atom is 0.0944 e. The molecular formula is C10H23NOS. The van der Waals surface area contributed by atoms with Crippen LogP contribution in [-0.2, 0) is 11.0 Å². The second kappa shape index (κ2) is 8.70. The minimum Gasteiger partial charge on any atom is -0.243 e. The molecule has 80 valence electrons. The van der Waals surface area contributed by atoms with Crippen molar-refractivity contribution < 1.29 is 4.21 Å². The van der Waals surface area contributed by atoms with Gasteiger partial charge >= 0.3 is 0 Å². The Labute approximate surface area is 85.1 Å². The molecule has 0 aliphatic carbocycles. The Balaban J connectivity index is 3.38. The molecule has 0 spiro atoms. The van der Waals surface area contributed by atoms with E-state index >= 15 is 0 Å². The Bertz CT molecular complexity index is 139. The van der Waals surface area contributed by atoms with Crippen LogP contribution in [0.3, 0.4) is 0 Å². The molecule has 0 rings (SSSR count). The van der Waals surface area contributed by atoms with Crippen molar-refractivity contribution in [1.82, 2.24) is 4.72 Å². The summed E-state index contributed by atoms with van der Waals surface area (Å²) in [6, 6.07) is 0. The second-order valence-electron chi connectivity index (χ2n) is 3.46. The van der Waals surface area contributed by atoms with E-state index in [-0.39, 0.29) is 0 Å². The first-order valence-corrected chi connectivity index (χ1v) is 6.57. The van der Waals surface area contributed by atoms with E-state index in [0.717, 1.165) is 13.0 Å². The third-order valence-electron chi connectivity index (χ3n) is 2.12. The minimum absolute atomic E-state index is 0.303. The van der Waals surface area contributed by atoms with Crippen LogP contribution in [0.1, 0.15) is 52.9 Å². The van der Waals surface area contributed by atoms with Gasteiger partial charge in [0.1, 0.15) is 0 Å². The average Bonchev–Trinajstić information content (AvgIpc) is 2.12. The maximum absolute atomic E-state index is 11.4. The van der Waals surface area contributed by atoms with Gasteiger partial charge in [-0.2, -0.15) is 0 Å². The van der Waals surface area contributed by atoms with Crippen molar-refractivity contribution >= 4 is 11.0 Å². The highest BCUT2D eigenvalue weighted by Crippen LogP contribution is 2.08. The van der Waals surface area contributed by atoms with Gasteiger partial charge < -0.3 is 0 Å². The summed E-state index contributed by atoms with van der Waals surface area (Å²) < 4.78 is 14.4. The SMILES string of the molecule is CCCCCCC(C)S(=O)NCC. The topological polar surface area (TPSA) is 29.1 Å². The highest BCUT2D eigenvalue weighted by Gasteiger charge is 2.08. The Kier molecular flexibility index (Phi) is 8.77. The number of rotatable bonds is 8. The molecule has 0 heterocycles. The van der Waals surface area contributed by atoms with Crippen LogP contribution in [0, 0.1) is 0 Å². The first-order valence-electron chi connectivity index (χ1n) is 5.36. The predicted molar refractivity (Wildman–Crippen MR) is 60.0 cm³/mol. The highest BCUT2D eigenvalue weighted by atomic mass is 32.2. The largest absolute Gasteiger partial charge is 0.243 e. The molecule has 0 bridgehead atoms. The molecule has 0 saturated heterocycles. The number of hydrogen-bond acceptors (Lipinski definition) is 1. The smallest absolute Gasteiger partial charge is 0.0944 e. The van der Waals surface area contributed by atoms with E-state index in [0.29, 0.717) is 5.25 Å². The van der Waals surface area contributed by atoms with Crippen molar-refractivity contribution in [3.05, 3.63) is 0 Å². The van der Waals surface area contributed by atoms with E-state index < -0.39 is 11.0 Å². The zero-order valence-electron chi connectivity index (χ0n) is 9.14. The number of hydrogen-bond donors (Lipinski definition) is 1. The molecule has 0 aromatic rings. The van der Waals surface area contributed by atoms with Crippen molar-refractivity contribution in [3.63, 3.8) is 0 Å². The van der Waals surface area contributed by atoms with Crippen LogP contribution in [0.15, 0.2) is 0 Å². The van der Waals surface area contributed by atoms with Crippen LogP contribution in [0.4, 0.5) is 0 Å². The van der Waals surface area contributed by atoms with Gasteiger partial charge in [0.25, 0.3) is 0 Å². The Hall–Kier alpha value is 0.110. The molecule has 3 heteroatoms. The predicted octanol–water partition coefficient (Wildman–Crippen LogP) is 2.62. The fraction of sp³-hybridized carbons (Fsp3) is 1.00. The Morgan fingerprint density at radius 1 is 1.23 bits per heavy atom. The average molecular weight is 205 g/mol. The van der Waals surface area contributed by atoms with Crippen molar-refractivity contribution in [1.29, 1.82) is 0 Å². The molecular weight excluding hydrogens is 182 g/mol. The van der Waals surface area contributed by atoms with E-state index in [4.69, 9.17) is 0 Å². The Morgan fingerprint density at radius 2 is 1.92 bits per heavy atom. The lowest BCUT2D eigenvalue weighted by molar-refractivity contribution is 0.610. The monoisotopic (exact) mass is 205 g/mol. The van der Waals surface area contributed by atoms with E-state index in [2.05, 4.69) is 18.6 Å². The van der Waals surface area contributed by atoms with Crippen molar-refractivity contribution in [3.8, 4) is 0 Å². The summed E-state index contributed by atoms with van der Waals surface area (Å²) in [5.74, 6) is 0. The molecule has 0 aromatic heterocycles. The van der Waals surface area contributed by atoms with Crippen molar-refractivity contribution in [2.24, 2.45) is 0 Å². The zero-order valence-corrected chi connectivity index (χ0v) is 9.95. The molecule has 0 aromatic carbocycles. The fourth-order valence-corrected chi connectivity index (χ4v) is 2.20. The lowest BCUT2D eigenvalue weighted by Gasteiger charge is -2.10. The van der Waals surface area contributed by atoms with Crippen LogP contribution < -0.4 is 4.72 Å². The first kappa shape index (κ1) is 13.1. The molecule has 0 amide bonds. The summed E-state index contributed by atoms with van der Waals surface area (Å²) in [5.41, 5.74) is 0. The molecule has 2 unspecified atom stereocenters. The molecule has 2 atom stereocenters. The summed E-state index contributed by atoms with van der Waals surface area (Å²) in [7, 11) is -0.820. The van der Waals surface area contributed by atoms with E-state index in [1.807, 2.05) is 6.92 Å². The summed E-state index contributed by atoms with van der Waals surface area (Å²) in [5, 5.41) is 0.303. The van der Waals surface area contributed by atoms with Crippen LogP contribution in [-0.4, -0.2) is 16.0 Å². The third-order valence-corrected chi connectivity index (χ3v) is 3.66. The standard InChI is InChI=1S/C10H23NOS/c1-4-6-7-8-9-10(3)13(12)11-5-2/h10-11H,4-9H2,1-3H3. The van der Waals surface area contributed by atoms with Crippen LogP contribution in [0.5, 0.6) is 0 Å². The summed E-state index contributed by atoms with van der Waals surface area (Å²) in [6.45, 7) is 7.05. The van der Waals surface area contributed by atoms with Gasteiger partial charge in [0.05, 0.1) is 11.0 Å². The lowest BCUT2D eigenvalue weighted by atomic mass is 10.1. The van der Waals surface area contributed by atoms with Gasteiger partial charge in [0.2, 0.25) is 0 Å². The van der Waals surface area contributed by atoms with E-state index in [9.17, 15) is 4.21 Å². The summed E-state index contributed by atoms with van der Waals surface area (Å²) >= 11 is 0. The number of unbranched alkanes of at least 4 members (excludes halogenated alkanes) is 3. The minimum atomic E-state index is -0.820. The van der Waals surface area contributed by atoms with Gasteiger partial charge in [0.15, 0.2) is 0 Å². The van der Waals surface area contributed by atoms with Crippen molar-refractivity contribution in [2.45, 2.75) is 58.1 Å². The molecule has 2 nitrogen and oxygen atoms in total. The fourth-order valence-electron chi connectivity index (χ4n) is 1.25. The summed E-state index contributed by atoms with van der Waals surface area (Å²) in [6.07, 6.45) is 6.15. The third kappa shape index (κ3) is 7.20.